The highest BCUT2D eigenvalue weighted by Crippen LogP contribution is 2.22. The zero-order chi connectivity index (χ0) is 15.2. The van der Waals surface area contributed by atoms with Crippen LogP contribution in [0.25, 0.3) is 11.0 Å². The van der Waals surface area contributed by atoms with E-state index in [0.29, 0.717) is 0 Å². The van der Waals surface area contributed by atoms with Crippen LogP contribution in [0.3, 0.4) is 0 Å². The minimum Gasteiger partial charge on any atom is -0.396 e. The molecule has 0 fully saturated rings. The summed E-state index contributed by atoms with van der Waals surface area (Å²) in [7, 11) is 0. The lowest BCUT2D eigenvalue weighted by Crippen LogP contribution is -2.06. The van der Waals surface area contributed by atoms with Gasteiger partial charge in [0.05, 0.1) is 11.0 Å². The van der Waals surface area contributed by atoms with Gasteiger partial charge in [-0.1, -0.05) is 6.42 Å². The average molecular weight is 289 g/mol. The fraction of sp³-hybridized carbons (Fsp3) is 0.588. The Hall–Kier alpha value is -1.39. The molecule has 1 aromatic heterocycles. The third-order valence-corrected chi connectivity index (χ3v) is 4.09. The first-order valence-electron chi connectivity index (χ1n) is 7.94. The SMILES string of the molecule is Cc1cc2nc(CCCCCN)n(CCCO)c2cc1C. The normalized spacial score (nSPS) is 11.4. The molecule has 0 amide bonds. The molecule has 21 heavy (non-hydrogen) atoms. The van der Waals surface area contributed by atoms with Gasteiger partial charge in [-0.2, -0.15) is 0 Å². The monoisotopic (exact) mass is 289 g/mol. The number of rotatable bonds is 8. The molecule has 3 N–H and O–H groups in total. The molecule has 0 saturated carbocycles. The number of nitrogens with two attached hydrogens (primary N) is 1. The standard InChI is InChI=1S/C17H27N3O/c1-13-11-15-16(12-14(13)2)20(9-6-10-21)17(19-15)7-4-3-5-8-18/h11-12,21H,3-10,18H2,1-2H3. The number of benzene rings is 1. The van der Waals surface area contributed by atoms with E-state index in [1.54, 1.807) is 0 Å². The quantitative estimate of drug-likeness (QED) is 0.734. The maximum Gasteiger partial charge on any atom is 0.109 e. The Bertz CT molecular complexity index is 589. The number of aliphatic hydroxyl groups is 1. The summed E-state index contributed by atoms with van der Waals surface area (Å²) in [5.41, 5.74) is 10.4. The van der Waals surface area contributed by atoms with Crippen LogP contribution < -0.4 is 5.73 Å². The zero-order valence-electron chi connectivity index (χ0n) is 13.2. The van der Waals surface area contributed by atoms with Gasteiger partial charge in [-0.25, -0.2) is 4.98 Å². The average Bonchev–Trinajstić information content (AvgIpc) is 2.79. The van der Waals surface area contributed by atoms with Crippen LogP contribution in [0.4, 0.5) is 0 Å². The summed E-state index contributed by atoms with van der Waals surface area (Å²) in [6.07, 6.45) is 5.11. The minimum absolute atomic E-state index is 0.219. The van der Waals surface area contributed by atoms with Crippen molar-refractivity contribution in [3.8, 4) is 0 Å². The van der Waals surface area contributed by atoms with E-state index in [1.807, 2.05) is 0 Å². The molecular formula is C17H27N3O. The third kappa shape index (κ3) is 3.83. The Balaban J connectivity index is 2.28. The van der Waals surface area contributed by atoms with Gasteiger partial charge in [-0.05, 0) is 62.9 Å². The smallest absolute Gasteiger partial charge is 0.109 e. The molecule has 0 bridgehead atoms. The molecule has 0 radical (unpaired) electrons. The minimum atomic E-state index is 0.219. The van der Waals surface area contributed by atoms with Crippen LogP contribution in [0, 0.1) is 13.8 Å². The maximum absolute atomic E-state index is 9.13. The Labute approximate surface area is 127 Å². The number of aliphatic hydroxyl groups excluding tert-OH is 1. The van der Waals surface area contributed by atoms with E-state index in [-0.39, 0.29) is 6.61 Å². The molecule has 0 aliphatic rings. The van der Waals surface area contributed by atoms with Gasteiger partial charge in [-0.3, -0.25) is 0 Å². The van der Waals surface area contributed by atoms with E-state index < -0.39 is 0 Å². The lowest BCUT2D eigenvalue weighted by Gasteiger charge is -2.09. The lowest BCUT2D eigenvalue weighted by atomic mass is 10.1. The van der Waals surface area contributed by atoms with Crippen molar-refractivity contribution in [3.63, 3.8) is 0 Å². The molecule has 0 aliphatic heterocycles. The summed E-state index contributed by atoms with van der Waals surface area (Å²) in [5.74, 6) is 1.14. The molecule has 0 spiro atoms. The van der Waals surface area contributed by atoms with Crippen molar-refractivity contribution >= 4 is 11.0 Å². The molecule has 2 rings (SSSR count). The summed E-state index contributed by atoms with van der Waals surface area (Å²) in [6, 6.07) is 4.39. The van der Waals surface area contributed by atoms with Gasteiger partial charge in [0.25, 0.3) is 0 Å². The van der Waals surface area contributed by atoms with Crippen molar-refractivity contribution < 1.29 is 5.11 Å². The van der Waals surface area contributed by atoms with Crippen molar-refractivity contribution in [2.45, 2.75) is 52.5 Å². The second-order valence-electron chi connectivity index (χ2n) is 5.78. The van der Waals surface area contributed by atoms with Crippen molar-refractivity contribution in [2.24, 2.45) is 5.73 Å². The van der Waals surface area contributed by atoms with Crippen LogP contribution in [0.2, 0.25) is 0 Å². The van der Waals surface area contributed by atoms with Gasteiger partial charge >= 0.3 is 0 Å². The lowest BCUT2D eigenvalue weighted by molar-refractivity contribution is 0.279. The Morgan fingerprint density at radius 3 is 2.57 bits per heavy atom. The molecule has 2 aromatic rings. The Morgan fingerprint density at radius 2 is 1.86 bits per heavy atom. The van der Waals surface area contributed by atoms with Crippen molar-refractivity contribution in [3.05, 3.63) is 29.1 Å². The third-order valence-electron chi connectivity index (χ3n) is 4.09. The second-order valence-corrected chi connectivity index (χ2v) is 5.78. The van der Waals surface area contributed by atoms with Crippen LogP contribution in [-0.4, -0.2) is 27.8 Å². The Kier molecular flexibility index (Phi) is 5.76. The molecule has 4 nitrogen and oxygen atoms in total. The molecule has 1 heterocycles. The Morgan fingerprint density at radius 1 is 1.10 bits per heavy atom. The van der Waals surface area contributed by atoms with E-state index in [2.05, 4.69) is 30.5 Å². The van der Waals surface area contributed by atoms with E-state index in [9.17, 15) is 0 Å². The number of fused-ring (bicyclic) bond motifs is 1. The van der Waals surface area contributed by atoms with E-state index in [1.165, 1.54) is 16.6 Å². The highest BCUT2D eigenvalue weighted by molar-refractivity contribution is 5.78. The van der Waals surface area contributed by atoms with Crippen molar-refractivity contribution in [2.75, 3.05) is 13.2 Å². The number of aryl methyl sites for hydroxylation is 4. The number of unbranched alkanes of at least 4 members (excludes halogenated alkanes) is 2. The van der Waals surface area contributed by atoms with E-state index in [0.717, 1.165) is 56.5 Å². The van der Waals surface area contributed by atoms with Gasteiger partial charge in [0.15, 0.2) is 0 Å². The van der Waals surface area contributed by atoms with Crippen LogP contribution >= 0.6 is 0 Å². The summed E-state index contributed by atoms with van der Waals surface area (Å²) in [6.45, 7) is 6.08. The van der Waals surface area contributed by atoms with E-state index >= 15 is 0 Å². The molecular weight excluding hydrogens is 262 g/mol. The number of imidazole rings is 1. The molecule has 0 unspecified atom stereocenters. The molecule has 1 aromatic carbocycles. The zero-order valence-corrected chi connectivity index (χ0v) is 13.2. The second kappa shape index (κ2) is 7.57. The van der Waals surface area contributed by atoms with Gasteiger partial charge in [0, 0.05) is 19.6 Å². The summed E-state index contributed by atoms with van der Waals surface area (Å²) >= 11 is 0. The molecule has 116 valence electrons. The van der Waals surface area contributed by atoms with Crippen molar-refractivity contribution in [1.29, 1.82) is 0 Å². The molecule has 0 saturated heterocycles. The number of aromatic nitrogens is 2. The fourth-order valence-electron chi connectivity index (χ4n) is 2.70. The number of nitrogens with zero attached hydrogens (tertiary/aromatic N) is 2. The number of hydrogen-bond donors (Lipinski definition) is 2. The first kappa shape index (κ1) is 16.0. The largest absolute Gasteiger partial charge is 0.396 e. The van der Waals surface area contributed by atoms with Crippen LogP contribution in [0.15, 0.2) is 12.1 Å². The van der Waals surface area contributed by atoms with Gasteiger partial charge in [-0.15, -0.1) is 0 Å². The van der Waals surface area contributed by atoms with Gasteiger partial charge < -0.3 is 15.4 Å². The highest BCUT2D eigenvalue weighted by Gasteiger charge is 2.11. The summed E-state index contributed by atoms with van der Waals surface area (Å²) in [5, 5.41) is 9.13. The molecule has 0 aliphatic carbocycles. The van der Waals surface area contributed by atoms with Gasteiger partial charge in [0.1, 0.15) is 5.82 Å². The predicted octanol–water partition coefficient (Wildman–Crippen LogP) is 2.71. The van der Waals surface area contributed by atoms with Crippen LogP contribution in [-0.2, 0) is 13.0 Å². The fourth-order valence-corrected chi connectivity index (χ4v) is 2.70. The predicted molar refractivity (Wildman–Crippen MR) is 87.5 cm³/mol. The summed E-state index contributed by atoms with van der Waals surface area (Å²) < 4.78 is 2.28. The highest BCUT2D eigenvalue weighted by atomic mass is 16.3. The van der Waals surface area contributed by atoms with Crippen LogP contribution in [0.1, 0.15) is 42.6 Å². The van der Waals surface area contributed by atoms with Crippen LogP contribution in [0.5, 0.6) is 0 Å². The molecule has 4 heteroatoms. The van der Waals surface area contributed by atoms with Gasteiger partial charge in [0.2, 0.25) is 0 Å². The molecule has 0 atom stereocenters. The maximum atomic E-state index is 9.13. The number of hydrogen-bond acceptors (Lipinski definition) is 3. The van der Waals surface area contributed by atoms with Crippen molar-refractivity contribution in [1.82, 2.24) is 9.55 Å². The topological polar surface area (TPSA) is 64.1 Å². The first-order valence-corrected chi connectivity index (χ1v) is 7.94. The summed E-state index contributed by atoms with van der Waals surface area (Å²) in [4.78, 5) is 4.82. The first-order chi connectivity index (χ1) is 10.2. The van der Waals surface area contributed by atoms with E-state index in [4.69, 9.17) is 15.8 Å².